The van der Waals surface area contributed by atoms with Crippen molar-refractivity contribution in [1.82, 2.24) is 0 Å². The first-order chi connectivity index (χ1) is 16.2. The summed E-state index contributed by atoms with van der Waals surface area (Å²) < 4.78 is 0. The SMILES string of the molecule is CCCCCCCC(=O)OOC(=O)CCCCCCC.c1ccc(Sc2ccccc2)cc1. The van der Waals surface area contributed by atoms with Gasteiger partial charge >= 0.3 is 11.9 Å². The van der Waals surface area contributed by atoms with Crippen molar-refractivity contribution in [2.24, 2.45) is 0 Å². The molecule has 0 N–H and O–H groups in total. The van der Waals surface area contributed by atoms with Crippen molar-refractivity contribution in [3.8, 4) is 0 Å². The maximum atomic E-state index is 11.3. The van der Waals surface area contributed by atoms with Crippen LogP contribution in [0.2, 0.25) is 0 Å². The molecule has 0 aliphatic carbocycles. The molecule has 0 aliphatic heterocycles. The summed E-state index contributed by atoms with van der Waals surface area (Å²) in [5.74, 6) is -0.887. The molecule has 33 heavy (non-hydrogen) atoms. The molecule has 0 radical (unpaired) electrons. The highest BCUT2D eigenvalue weighted by molar-refractivity contribution is 7.99. The fourth-order valence-corrected chi connectivity index (χ4v) is 3.89. The normalized spacial score (nSPS) is 10.1. The van der Waals surface area contributed by atoms with Crippen LogP contribution in [0.5, 0.6) is 0 Å². The predicted octanol–water partition coefficient (Wildman–Crippen LogP) is 8.55. The largest absolute Gasteiger partial charge is 0.355 e. The van der Waals surface area contributed by atoms with Gasteiger partial charge in [0, 0.05) is 9.79 Å². The van der Waals surface area contributed by atoms with Crippen molar-refractivity contribution in [2.75, 3.05) is 0 Å². The maximum absolute atomic E-state index is 11.3. The number of hydrogen-bond donors (Lipinski definition) is 0. The maximum Gasteiger partial charge on any atom is 0.355 e. The van der Waals surface area contributed by atoms with Gasteiger partial charge in [0.2, 0.25) is 0 Å². The van der Waals surface area contributed by atoms with Gasteiger partial charge in [0.1, 0.15) is 0 Å². The highest BCUT2D eigenvalue weighted by atomic mass is 32.2. The van der Waals surface area contributed by atoms with Crippen molar-refractivity contribution in [3.05, 3.63) is 60.7 Å². The van der Waals surface area contributed by atoms with Crippen LogP contribution in [0.15, 0.2) is 70.5 Å². The molecule has 182 valence electrons. The minimum atomic E-state index is -0.444. The van der Waals surface area contributed by atoms with E-state index in [0.29, 0.717) is 12.8 Å². The minimum Gasteiger partial charge on any atom is -0.247 e. The van der Waals surface area contributed by atoms with Gasteiger partial charge in [-0.15, -0.1) is 0 Å². The summed E-state index contributed by atoms with van der Waals surface area (Å²) in [6.07, 6.45) is 11.3. The third-order valence-corrected chi connectivity index (χ3v) is 5.93. The van der Waals surface area contributed by atoms with Crippen LogP contribution >= 0.6 is 11.8 Å². The third-order valence-electron chi connectivity index (χ3n) is 4.92. The van der Waals surface area contributed by atoms with Gasteiger partial charge in [0.25, 0.3) is 0 Å². The molecule has 0 aromatic heterocycles. The number of carbonyl (C=O) groups is 2. The van der Waals surface area contributed by atoms with Crippen LogP contribution < -0.4 is 0 Å². The molecule has 0 amide bonds. The van der Waals surface area contributed by atoms with E-state index < -0.39 is 11.9 Å². The Bertz CT molecular complexity index is 671. The quantitative estimate of drug-likeness (QED) is 0.157. The lowest BCUT2D eigenvalue weighted by atomic mass is 10.1. The standard InChI is InChI=1S/C16H30O4.C12H10S/c1-3-5-7-9-11-13-15(17)19-20-16(18)14-12-10-8-6-4-2;1-3-7-11(8-4-1)13-12-9-5-2-6-10-12/h3-14H2,1-2H3;1-10H. The second kappa shape index (κ2) is 20.3. The first-order valence-corrected chi connectivity index (χ1v) is 13.2. The summed E-state index contributed by atoms with van der Waals surface area (Å²) in [6.45, 7) is 4.30. The predicted molar refractivity (Wildman–Crippen MR) is 136 cm³/mol. The van der Waals surface area contributed by atoms with E-state index in [-0.39, 0.29) is 0 Å². The van der Waals surface area contributed by atoms with Crippen molar-refractivity contribution < 1.29 is 19.4 Å². The van der Waals surface area contributed by atoms with E-state index >= 15 is 0 Å². The molecule has 0 fully saturated rings. The fraction of sp³-hybridized carbons (Fsp3) is 0.500. The van der Waals surface area contributed by atoms with E-state index in [9.17, 15) is 9.59 Å². The van der Waals surface area contributed by atoms with Gasteiger partial charge in [0.15, 0.2) is 0 Å². The molecule has 0 saturated heterocycles. The molecule has 0 heterocycles. The average Bonchev–Trinajstić information content (AvgIpc) is 2.84. The summed E-state index contributed by atoms with van der Waals surface area (Å²) >= 11 is 1.79. The number of rotatable bonds is 14. The van der Waals surface area contributed by atoms with Crippen LogP contribution in [0, 0.1) is 0 Å². The van der Waals surface area contributed by atoms with Crippen LogP contribution in [0.25, 0.3) is 0 Å². The van der Waals surface area contributed by atoms with Crippen LogP contribution in [-0.4, -0.2) is 11.9 Å². The summed E-state index contributed by atoms with van der Waals surface area (Å²) in [6, 6.07) is 20.8. The molecule has 0 bridgehead atoms. The monoisotopic (exact) mass is 472 g/mol. The smallest absolute Gasteiger partial charge is 0.247 e. The Morgan fingerprint density at radius 1 is 0.576 bits per heavy atom. The summed E-state index contributed by atoms with van der Waals surface area (Å²) in [5, 5.41) is 0. The second-order valence-electron chi connectivity index (χ2n) is 7.97. The Labute approximate surface area is 204 Å². The first kappa shape index (κ1) is 28.8. The number of carbonyl (C=O) groups excluding carboxylic acids is 2. The molecule has 2 rings (SSSR count). The van der Waals surface area contributed by atoms with Gasteiger partial charge in [-0.05, 0) is 37.1 Å². The van der Waals surface area contributed by atoms with Gasteiger partial charge < -0.3 is 0 Å². The molecule has 0 aliphatic rings. The number of hydrogen-bond acceptors (Lipinski definition) is 5. The van der Waals surface area contributed by atoms with Crippen LogP contribution in [0.3, 0.4) is 0 Å². The average molecular weight is 473 g/mol. The zero-order valence-corrected chi connectivity index (χ0v) is 21.1. The lowest BCUT2D eigenvalue weighted by Gasteiger charge is -2.03. The first-order valence-electron chi connectivity index (χ1n) is 12.3. The highest BCUT2D eigenvalue weighted by Gasteiger charge is 2.09. The van der Waals surface area contributed by atoms with E-state index in [2.05, 4.69) is 72.2 Å². The molecule has 0 unspecified atom stereocenters. The Morgan fingerprint density at radius 3 is 1.30 bits per heavy atom. The fourth-order valence-electron chi connectivity index (χ4n) is 3.04. The molecule has 0 saturated carbocycles. The van der Waals surface area contributed by atoms with E-state index in [1.54, 1.807) is 11.8 Å². The summed E-state index contributed by atoms with van der Waals surface area (Å²) in [4.78, 5) is 34.2. The van der Waals surface area contributed by atoms with Crippen molar-refractivity contribution >= 4 is 23.7 Å². The Hall–Kier alpha value is -2.27. The summed E-state index contributed by atoms with van der Waals surface area (Å²) in [5.41, 5.74) is 0. The highest BCUT2D eigenvalue weighted by Crippen LogP contribution is 2.26. The van der Waals surface area contributed by atoms with Gasteiger partial charge in [0.05, 0.1) is 12.8 Å². The van der Waals surface area contributed by atoms with Gasteiger partial charge in [-0.2, -0.15) is 0 Å². The topological polar surface area (TPSA) is 52.6 Å². The van der Waals surface area contributed by atoms with Crippen LogP contribution in [0.4, 0.5) is 0 Å². The Morgan fingerprint density at radius 2 is 0.939 bits per heavy atom. The molecular weight excluding hydrogens is 432 g/mol. The van der Waals surface area contributed by atoms with Crippen molar-refractivity contribution in [2.45, 2.75) is 101 Å². The Balaban J connectivity index is 0.000000357. The van der Waals surface area contributed by atoms with Gasteiger partial charge in [-0.1, -0.05) is 113 Å². The molecule has 0 spiro atoms. The molecule has 2 aromatic rings. The summed E-state index contributed by atoms with van der Waals surface area (Å²) in [7, 11) is 0. The van der Waals surface area contributed by atoms with Gasteiger partial charge in [-0.25, -0.2) is 19.4 Å². The van der Waals surface area contributed by atoms with E-state index in [0.717, 1.165) is 38.5 Å². The molecule has 2 aromatic carbocycles. The minimum absolute atomic E-state index is 0.327. The molecule has 5 heteroatoms. The van der Waals surface area contributed by atoms with E-state index in [1.165, 1.54) is 35.5 Å². The molecule has 4 nitrogen and oxygen atoms in total. The van der Waals surface area contributed by atoms with Crippen molar-refractivity contribution in [3.63, 3.8) is 0 Å². The third kappa shape index (κ3) is 16.9. The Kier molecular flexibility index (Phi) is 17.7. The van der Waals surface area contributed by atoms with Crippen LogP contribution in [-0.2, 0) is 19.4 Å². The van der Waals surface area contributed by atoms with E-state index in [1.807, 2.05) is 12.1 Å². The zero-order valence-electron chi connectivity index (χ0n) is 20.3. The van der Waals surface area contributed by atoms with Crippen molar-refractivity contribution in [1.29, 1.82) is 0 Å². The van der Waals surface area contributed by atoms with Crippen LogP contribution in [0.1, 0.15) is 90.9 Å². The number of unbranched alkanes of at least 4 members (excludes halogenated alkanes) is 8. The van der Waals surface area contributed by atoms with Gasteiger partial charge in [-0.3, -0.25) is 0 Å². The lowest BCUT2D eigenvalue weighted by Crippen LogP contribution is -2.11. The van der Waals surface area contributed by atoms with E-state index in [4.69, 9.17) is 0 Å². The lowest BCUT2D eigenvalue weighted by molar-refractivity contribution is -0.259. The zero-order chi connectivity index (χ0) is 24.0. The number of benzene rings is 2. The molecule has 0 atom stereocenters. The second-order valence-corrected chi connectivity index (χ2v) is 9.11. The molecular formula is C28H40O4S.